The van der Waals surface area contributed by atoms with Crippen molar-refractivity contribution in [2.75, 3.05) is 13.2 Å². The Labute approximate surface area is 417 Å². The largest absolute Gasteiger partial charge is 0.462 e. The molecule has 0 N–H and O–H groups in total. The topological polar surface area (TPSA) is 78.9 Å². The number of esters is 3. The van der Waals surface area contributed by atoms with Gasteiger partial charge >= 0.3 is 17.9 Å². The Morgan fingerprint density at radius 2 is 0.588 bits per heavy atom. The van der Waals surface area contributed by atoms with Crippen LogP contribution in [-0.4, -0.2) is 37.2 Å². The van der Waals surface area contributed by atoms with E-state index in [4.69, 9.17) is 14.2 Å². The standard InChI is InChI=1S/C62H98O6/c1-4-7-10-13-16-19-22-25-28-31-34-37-40-43-46-49-52-55-61(64)67-58-59(57-66-60(63)54-51-48-45-42-39-36-33-30-27-24-21-18-15-12-9-6-3)68-62(65)56-53-50-47-44-41-38-35-32-29-26-23-20-17-14-11-8-5-2/h7-8,10-11,16-17,19-20,25-26,28-30,33-35,37-38,43-44,46-47,59H,4-6,9,12-15,18,21-24,27,31-32,36,39-42,45,48-58H2,1-3H3/b10-7-,11-8-,19-16-,20-17-,28-25-,29-26-,33-30-,37-34-,38-35-,46-43-,47-44-. The Bertz CT molecular complexity index is 1500. The Hall–Kier alpha value is -4.45. The first-order valence-corrected chi connectivity index (χ1v) is 27.2. The van der Waals surface area contributed by atoms with Crippen molar-refractivity contribution in [1.29, 1.82) is 0 Å². The van der Waals surface area contributed by atoms with E-state index in [0.717, 1.165) is 109 Å². The summed E-state index contributed by atoms with van der Waals surface area (Å²) in [5, 5.41) is 0. The lowest BCUT2D eigenvalue weighted by atomic mass is 10.1. The van der Waals surface area contributed by atoms with Crippen LogP contribution in [-0.2, 0) is 28.6 Å². The zero-order chi connectivity index (χ0) is 49.3. The van der Waals surface area contributed by atoms with Crippen molar-refractivity contribution in [1.82, 2.24) is 0 Å². The normalized spacial score (nSPS) is 13.2. The summed E-state index contributed by atoms with van der Waals surface area (Å²) < 4.78 is 16.7. The third-order valence-corrected chi connectivity index (χ3v) is 10.9. The van der Waals surface area contributed by atoms with Crippen LogP contribution in [0.3, 0.4) is 0 Å². The molecule has 0 aromatic rings. The van der Waals surface area contributed by atoms with Crippen molar-refractivity contribution < 1.29 is 28.6 Å². The molecule has 0 aromatic heterocycles. The average molecular weight is 939 g/mol. The summed E-state index contributed by atoms with van der Waals surface area (Å²) in [6, 6.07) is 0. The van der Waals surface area contributed by atoms with Crippen LogP contribution in [0.5, 0.6) is 0 Å². The molecule has 0 aromatic carbocycles. The van der Waals surface area contributed by atoms with Gasteiger partial charge in [-0.05, 0) is 122 Å². The van der Waals surface area contributed by atoms with E-state index in [0.29, 0.717) is 19.3 Å². The van der Waals surface area contributed by atoms with E-state index in [1.54, 1.807) is 0 Å². The first kappa shape index (κ1) is 63.5. The molecule has 1 unspecified atom stereocenters. The summed E-state index contributed by atoms with van der Waals surface area (Å²) in [6.45, 7) is 6.29. The summed E-state index contributed by atoms with van der Waals surface area (Å²) in [7, 11) is 0. The minimum absolute atomic E-state index is 0.127. The third-order valence-electron chi connectivity index (χ3n) is 10.9. The van der Waals surface area contributed by atoms with Crippen LogP contribution in [0.2, 0.25) is 0 Å². The van der Waals surface area contributed by atoms with Crippen LogP contribution in [0.15, 0.2) is 134 Å². The molecule has 0 heterocycles. The second kappa shape index (κ2) is 55.1. The number of hydrogen-bond donors (Lipinski definition) is 0. The maximum absolute atomic E-state index is 12.8. The highest BCUT2D eigenvalue weighted by molar-refractivity contribution is 5.71. The second-order valence-corrected chi connectivity index (χ2v) is 17.4. The number of hydrogen-bond acceptors (Lipinski definition) is 6. The smallest absolute Gasteiger partial charge is 0.306 e. The van der Waals surface area contributed by atoms with E-state index < -0.39 is 6.10 Å². The molecule has 0 radical (unpaired) electrons. The minimum Gasteiger partial charge on any atom is -0.462 e. The van der Waals surface area contributed by atoms with Gasteiger partial charge in [-0.25, -0.2) is 0 Å². The molecule has 0 aliphatic heterocycles. The van der Waals surface area contributed by atoms with Crippen molar-refractivity contribution in [3.8, 4) is 0 Å². The molecule has 1 atom stereocenters. The summed E-state index contributed by atoms with van der Waals surface area (Å²) in [5.41, 5.74) is 0. The minimum atomic E-state index is -0.839. The fourth-order valence-corrected chi connectivity index (χ4v) is 6.86. The van der Waals surface area contributed by atoms with Crippen LogP contribution < -0.4 is 0 Å². The Morgan fingerprint density at radius 1 is 0.309 bits per heavy atom. The van der Waals surface area contributed by atoms with Crippen molar-refractivity contribution in [2.45, 2.75) is 226 Å². The van der Waals surface area contributed by atoms with E-state index in [2.05, 4.69) is 154 Å². The van der Waals surface area contributed by atoms with E-state index >= 15 is 0 Å². The molecule has 0 amide bonds. The molecular weight excluding hydrogens is 841 g/mol. The van der Waals surface area contributed by atoms with Gasteiger partial charge in [0.2, 0.25) is 0 Å². The number of unbranched alkanes of at least 4 members (excludes halogenated alkanes) is 14. The molecule has 0 aliphatic rings. The Balaban J connectivity index is 4.61. The van der Waals surface area contributed by atoms with Gasteiger partial charge in [0.15, 0.2) is 6.10 Å². The van der Waals surface area contributed by atoms with Crippen LogP contribution in [0.1, 0.15) is 220 Å². The summed E-state index contributed by atoms with van der Waals surface area (Å²) >= 11 is 0. The molecule has 6 heteroatoms. The van der Waals surface area contributed by atoms with Gasteiger partial charge in [-0.2, -0.15) is 0 Å². The van der Waals surface area contributed by atoms with Gasteiger partial charge < -0.3 is 14.2 Å². The fourth-order valence-electron chi connectivity index (χ4n) is 6.86. The zero-order valence-corrected chi connectivity index (χ0v) is 43.6. The SMILES string of the molecule is CC/C=C\C/C=C\C/C=C\C/C=C\C/C=C\CCCC(=O)OCC(COC(=O)CCCCCCC/C=C\CCCCCCCCC)OC(=O)CCC/C=C\C/C=C\C/C=C\C/C=C\C/C=C\CC. The zero-order valence-electron chi connectivity index (χ0n) is 43.6. The molecule has 0 saturated heterocycles. The molecule has 6 nitrogen and oxygen atoms in total. The van der Waals surface area contributed by atoms with Gasteiger partial charge in [0, 0.05) is 19.3 Å². The summed E-state index contributed by atoms with van der Waals surface area (Å²) in [6.07, 6.45) is 77.3. The lowest BCUT2D eigenvalue weighted by Gasteiger charge is -2.18. The molecule has 68 heavy (non-hydrogen) atoms. The number of allylic oxidation sites excluding steroid dienone is 22. The Kier molecular flexibility index (Phi) is 51.5. The number of ether oxygens (including phenoxy) is 3. The Morgan fingerprint density at radius 3 is 0.971 bits per heavy atom. The highest BCUT2D eigenvalue weighted by atomic mass is 16.6. The predicted octanol–water partition coefficient (Wildman–Crippen LogP) is 18.3. The molecule has 0 bridgehead atoms. The van der Waals surface area contributed by atoms with Crippen LogP contribution in [0.25, 0.3) is 0 Å². The number of rotatable bonds is 47. The van der Waals surface area contributed by atoms with E-state index in [1.165, 1.54) is 57.8 Å². The van der Waals surface area contributed by atoms with Crippen molar-refractivity contribution in [2.24, 2.45) is 0 Å². The first-order valence-electron chi connectivity index (χ1n) is 27.2. The average Bonchev–Trinajstić information content (AvgIpc) is 3.34. The quantitative estimate of drug-likeness (QED) is 0.0262. The van der Waals surface area contributed by atoms with Gasteiger partial charge in [-0.1, -0.05) is 212 Å². The first-order chi connectivity index (χ1) is 33.5. The van der Waals surface area contributed by atoms with Crippen LogP contribution in [0.4, 0.5) is 0 Å². The van der Waals surface area contributed by atoms with E-state index in [-0.39, 0.29) is 44.0 Å². The number of carbonyl (C=O) groups is 3. The fraction of sp³-hybridized carbons (Fsp3) is 0.597. The number of carbonyl (C=O) groups excluding carboxylic acids is 3. The molecular formula is C62H98O6. The van der Waals surface area contributed by atoms with Crippen LogP contribution in [0, 0.1) is 0 Å². The van der Waals surface area contributed by atoms with Gasteiger partial charge in [0.1, 0.15) is 13.2 Å². The summed E-state index contributed by atoms with van der Waals surface area (Å²) in [5.74, 6) is -1.06. The van der Waals surface area contributed by atoms with Crippen molar-refractivity contribution >= 4 is 17.9 Å². The van der Waals surface area contributed by atoms with Crippen molar-refractivity contribution in [3.63, 3.8) is 0 Å². The maximum Gasteiger partial charge on any atom is 0.306 e. The van der Waals surface area contributed by atoms with Gasteiger partial charge in [-0.15, -0.1) is 0 Å². The van der Waals surface area contributed by atoms with E-state index in [1.807, 2.05) is 0 Å². The lowest BCUT2D eigenvalue weighted by Crippen LogP contribution is -2.30. The van der Waals surface area contributed by atoms with E-state index in [9.17, 15) is 14.4 Å². The molecule has 0 aliphatic carbocycles. The molecule has 0 spiro atoms. The second-order valence-electron chi connectivity index (χ2n) is 17.4. The van der Waals surface area contributed by atoms with Crippen LogP contribution >= 0.6 is 0 Å². The maximum atomic E-state index is 12.8. The van der Waals surface area contributed by atoms with Gasteiger partial charge in [0.25, 0.3) is 0 Å². The molecule has 0 rings (SSSR count). The highest BCUT2D eigenvalue weighted by Gasteiger charge is 2.19. The third kappa shape index (κ3) is 52.5. The lowest BCUT2D eigenvalue weighted by molar-refractivity contribution is -0.167. The molecule has 382 valence electrons. The van der Waals surface area contributed by atoms with Crippen molar-refractivity contribution in [3.05, 3.63) is 134 Å². The highest BCUT2D eigenvalue weighted by Crippen LogP contribution is 2.12. The molecule has 0 saturated carbocycles. The van der Waals surface area contributed by atoms with Gasteiger partial charge in [-0.3, -0.25) is 14.4 Å². The predicted molar refractivity (Wildman–Crippen MR) is 292 cm³/mol. The summed E-state index contributed by atoms with van der Waals surface area (Å²) in [4.78, 5) is 38.1. The molecule has 0 fully saturated rings. The monoisotopic (exact) mass is 939 g/mol. The van der Waals surface area contributed by atoms with Gasteiger partial charge in [0.05, 0.1) is 0 Å².